The Kier molecular flexibility index (Phi) is 4.31. The molecule has 0 fully saturated rings. The number of benzene rings is 1. The second kappa shape index (κ2) is 6.61. The van der Waals surface area contributed by atoms with Crippen molar-refractivity contribution in [2.75, 3.05) is 0 Å². The summed E-state index contributed by atoms with van der Waals surface area (Å²) in [4.78, 5) is 24.2. The Balaban J connectivity index is 1.80. The predicted molar refractivity (Wildman–Crippen MR) is 107 cm³/mol. The lowest BCUT2D eigenvalue weighted by molar-refractivity contribution is 0.699. The molecule has 0 bridgehead atoms. The fourth-order valence-electron chi connectivity index (χ4n) is 3.26. The zero-order valence-electron chi connectivity index (χ0n) is 13.9. The van der Waals surface area contributed by atoms with Crippen LogP contribution in [0.1, 0.15) is 34.7 Å². The molecule has 0 N–H and O–H groups in total. The lowest BCUT2D eigenvalue weighted by Gasteiger charge is -2.11. The first-order valence-corrected chi connectivity index (χ1v) is 9.55. The first kappa shape index (κ1) is 16.3. The van der Waals surface area contributed by atoms with Gasteiger partial charge in [0.05, 0.1) is 5.39 Å². The molecule has 2 heterocycles. The smallest absolute Gasteiger partial charge is 0.268 e. The molecule has 0 saturated carbocycles. The van der Waals surface area contributed by atoms with E-state index in [0.717, 1.165) is 35.0 Å². The third-order valence-electron chi connectivity index (χ3n) is 4.47. The number of thiocarbonyl (C=S) groups is 1. The summed E-state index contributed by atoms with van der Waals surface area (Å²) in [7, 11) is 0. The highest BCUT2D eigenvalue weighted by atomic mass is 32.1. The van der Waals surface area contributed by atoms with Crippen molar-refractivity contribution in [3.63, 3.8) is 0 Å². The third-order valence-corrected chi connectivity index (χ3v) is 5.95. The van der Waals surface area contributed by atoms with Crippen LogP contribution in [0.25, 0.3) is 10.2 Å². The summed E-state index contributed by atoms with van der Waals surface area (Å²) in [5.74, 6) is 0.589. The normalized spacial score (nSPS) is 14.1. The highest BCUT2D eigenvalue weighted by Crippen LogP contribution is 2.33. The Labute approximate surface area is 154 Å². The molecule has 0 spiro atoms. The second-order valence-corrected chi connectivity index (χ2v) is 7.59. The molecule has 0 aliphatic heterocycles. The van der Waals surface area contributed by atoms with Crippen molar-refractivity contribution in [3.8, 4) is 0 Å². The number of fused-ring (bicyclic) bond motifs is 3. The standard InChI is InChI=1S/C19H17N3OS2/c1-12-21-17-16(14-9-5-6-10-15(14)25-17)18(23)22(12)19(24)20-11-13-7-3-2-4-8-13/h2-4,7-8,11H,5-6,9-10H2,1H3. The van der Waals surface area contributed by atoms with E-state index in [9.17, 15) is 4.79 Å². The first-order valence-electron chi connectivity index (χ1n) is 8.32. The largest absolute Gasteiger partial charge is 0.269 e. The van der Waals surface area contributed by atoms with Gasteiger partial charge in [0.2, 0.25) is 5.11 Å². The Bertz CT molecular complexity index is 1050. The van der Waals surface area contributed by atoms with Gasteiger partial charge in [-0.3, -0.25) is 4.79 Å². The SMILES string of the molecule is Cc1nc2sc3c(c2c(=O)n1C(=S)N=Cc1ccccc1)CCCC3. The van der Waals surface area contributed by atoms with E-state index >= 15 is 0 Å². The molecule has 4 rings (SSSR count). The molecule has 0 radical (unpaired) electrons. The van der Waals surface area contributed by atoms with Gasteiger partial charge in [-0.1, -0.05) is 30.3 Å². The average Bonchev–Trinajstić information content (AvgIpc) is 2.99. The lowest BCUT2D eigenvalue weighted by Crippen LogP contribution is -2.28. The molecule has 0 unspecified atom stereocenters. The highest BCUT2D eigenvalue weighted by Gasteiger charge is 2.22. The fraction of sp³-hybridized carbons (Fsp3) is 0.263. The molecule has 1 aromatic carbocycles. The number of thiophene rings is 1. The van der Waals surface area contributed by atoms with Crippen molar-refractivity contribution in [1.29, 1.82) is 0 Å². The van der Waals surface area contributed by atoms with Crippen LogP contribution in [0.15, 0.2) is 40.1 Å². The molecule has 0 atom stereocenters. The summed E-state index contributed by atoms with van der Waals surface area (Å²) in [6.07, 6.45) is 6.00. The number of nitrogens with zero attached hydrogens (tertiary/aromatic N) is 3. The van der Waals surface area contributed by atoms with Gasteiger partial charge in [-0.15, -0.1) is 11.3 Å². The van der Waals surface area contributed by atoms with Crippen molar-refractivity contribution in [2.24, 2.45) is 4.99 Å². The van der Waals surface area contributed by atoms with Crippen molar-refractivity contribution in [1.82, 2.24) is 9.55 Å². The third kappa shape index (κ3) is 2.96. The van der Waals surface area contributed by atoms with Crippen LogP contribution < -0.4 is 5.56 Å². The van der Waals surface area contributed by atoms with Gasteiger partial charge in [0, 0.05) is 11.1 Å². The summed E-state index contributed by atoms with van der Waals surface area (Å²) in [5.41, 5.74) is 2.03. The van der Waals surface area contributed by atoms with E-state index in [1.165, 1.54) is 21.4 Å². The fourth-order valence-corrected chi connectivity index (χ4v) is 4.82. The summed E-state index contributed by atoms with van der Waals surface area (Å²) >= 11 is 7.07. The number of hydrogen-bond acceptors (Lipinski definition) is 4. The topological polar surface area (TPSA) is 47.2 Å². The van der Waals surface area contributed by atoms with Crippen molar-refractivity contribution in [3.05, 3.63) is 62.5 Å². The number of aliphatic imine (C=N–C) groups is 1. The molecule has 3 aromatic rings. The molecule has 2 aromatic heterocycles. The molecule has 0 amide bonds. The molecule has 0 saturated heterocycles. The van der Waals surface area contributed by atoms with Crippen LogP contribution in [0, 0.1) is 6.92 Å². The first-order chi connectivity index (χ1) is 12.1. The van der Waals surface area contributed by atoms with E-state index in [1.54, 1.807) is 17.6 Å². The molecule has 1 aliphatic rings. The highest BCUT2D eigenvalue weighted by molar-refractivity contribution is 7.80. The number of aromatic nitrogens is 2. The van der Waals surface area contributed by atoms with E-state index in [4.69, 9.17) is 12.2 Å². The minimum atomic E-state index is -0.0860. The van der Waals surface area contributed by atoms with Gasteiger partial charge in [0.15, 0.2) is 0 Å². The molecule has 126 valence electrons. The van der Waals surface area contributed by atoms with E-state index in [0.29, 0.717) is 5.82 Å². The predicted octanol–water partition coefficient (Wildman–Crippen LogP) is 3.90. The molecular weight excluding hydrogens is 350 g/mol. The monoisotopic (exact) mass is 367 g/mol. The zero-order chi connectivity index (χ0) is 17.4. The number of rotatable bonds is 1. The lowest BCUT2D eigenvalue weighted by atomic mass is 9.97. The van der Waals surface area contributed by atoms with E-state index in [2.05, 4.69) is 9.98 Å². The van der Waals surface area contributed by atoms with Crippen LogP contribution >= 0.6 is 23.6 Å². The van der Waals surface area contributed by atoms with Crippen molar-refractivity contribution < 1.29 is 0 Å². The van der Waals surface area contributed by atoms with Gasteiger partial charge >= 0.3 is 0 Å². The number of hydrogen-bond donors (Lipinski definition) is 0. The quantitative estimate of drug-likeness (QED) is 0.484. The molecule has 25 heavy (non-hydrogen) atoms. The molecular formula is C19H17N3OS2. The van der Waals surface area contributed by atoms with Gasteiger partial charge in [-0.2, -0.15) is 0 Å². The van der Waals surface area contributed by atoms with Gasteiger partial charge in [0.1, 0.15) is 10.7 Å². The zero-order valence-corrected chi connectivity index (χ0v) is 15.5. The summed E-state index contributed by atoms with van der Waals surface area (Å²) in [6.45, 7) is 1.81. The van der Waals surface area contributed by atoms with Gasteiger partial charge in [-0.05, 0) is 56.0 Å². The van der Waals surface area contributed by atoms with Gasteiger partial charge in [0.25, 0.3) is 5.56 Å². The minimum Gasteiger partial charge on any atom is -0.268 e. The van der Waals surface area contributed by atoms with E-state index < -0.39 is 0 Å². The number of aryl methyl sites for hydroxylation is 3. The molecule has 1 aliphatic carbocycles. The Morgan fingerprint density at radius 1 is 1.28 bits per heavy atom. The maximum Gasteiger partial charge on any atom is 0.269 e. The molecule has 6 heteroatoms. The van der Waals surface area contributed by atoms with Crippen LogP contribution in [0.4, 0.5) is 0 Å². The van der Waals surface area contributed by atoms with Crippen LogP contribution in [0.5, 0.6) is 0 Å². The van der Waals surface area contributed by atoms with Gasteiger partial charge < -0.3 is 0 Å². The average molecular weight is 367 g/mol. The molecule has 4 nitrogen and oxygen atoms in total. The minimum absolute atomic E-state index is 0.0860. The van der Waals surface area contributed by atoms with E-state index in [-0.39, 0.29) is 10.7 Å². The van der Waals surface area contributed by atoms with E-state index in [1.807, 2.05) is 37.3 Å². The van der Waals surface area contributed by atoms with Crippen LogP contribution in [-0.4, -0.2) is 20.9 Å². The maximum absolute atomic E-state index is 13.1. The Hall–Kier alpha value is -2.18. The van der Waals surface area contributed by atoms with Crippen molar-refractivity contribution >= 4 is 45.1 Å². The summed E-state index contributed by atoms with van der Waals surface area (Å²) in [5, 5.41) is 0.971. The second-order valence-electron chi connectivity index (χ2n) is 6.14. The summed E-state index contributed by atoms with van der Waals surface area (Å²) in [6, 6.07) is 9.71. The van der Waals surface area contributed by atoms with Crippen LogP contribution in [-0.2, 0) is 12.8 Å². The van der Waals surface area contributed by atoms with Crippen molar-refractivity contribution in [2.45, 2.75) is 32.6 Å². The Morgan fingerprint density at radius 3 is 2.84 bits per heavy atom. The summed E-state index contributed by atoms with van der Waals surface area (Å²) < 4.78 is 1.46. The van der Waals surface area contributed by atoms with Gasteiger partial charge in [-0.25, -0.2) is 14.5 Å². The maximum atomic E-state index is 13.1. The Morgan fingerprint density at radius 2 is 2.04 bits per heavy atom. The van der Waals surface area contributed by atoms with Crippen LogP contribution in [0.3, 0.4) is 0 Å². The van der Waals surface area contributed by atoms with Crippen LogP contribution in [0.2, 0.25) is 0 Å².